The zero-order valence-corrected chi connectivity index (χ0v) is 28.9. The molecule has 4 aliphatic heterocycles. The Morgan fingerprint density at radius 1 is 0.259 bits per heavy atom. The van der Waals surface area contributed by atoms with Crippen molar-refractivity contribution in [2.45, 2.75) is 0 Å². The molecule has 0 spiro atoms. The van der Waals surface area contributed by atoms with Crippen LogP contribution in [0.2, 0.25) is 0 Å². The van der Waals surface area contributed by atoms with E-state index in [9.17, 15) is 0 Å². The summed E-state index contributed by atoms with van der Waals surface area (Å²) in [6, 6.07) is 64.0. The highest BCUT2D eigenvalue weighted by molar-refractivity contribution is 6.09. The van der Waals surface area contributed by atoms with Gasteiger partial charge in [-0.1, -0.05) is 84.9 Å². The van der Waals surface area contributed by atoms with Gasteiger partial charge in [0.2, 0.25) is 0 Å². The highest BCUT2D eigenvalue weighted by Gasteiger charge is 2.40. The van der Waals surface area contributed by atoms with Gasteiger partial charge < -0.3 is 19.3 Å². The molecule has 54 heavy (non-hydrogen) atoms. The summed E-state index contributed by atoms with van der Waals surface area (Å²) in [5.74, 6) is 3.22. The highest BCUT2D eigenvalue weighted by Crippen LogP contribution is 2.65. The van der Waals surface area contributed by atoms with Crippen molar-refractivity contribution in [2.75, 3.05) is 19.6 Å². The van der Waals surface area contributed by atoms with Crippen molar-refractivity contribution in [2.24, 2.45) is 0 Å². The monoisotopic (exact) mass is 694 g/mol. The van der Waals surface area contributed by atoms with Crippen molar-refractivity contribution < 1.29 is 9.47 Å². The Hall–Kier alpha value is -7.44. The van der Waals surface area contributed by atoms with Gasteiger partial charge in [0.1, 0.15) is 11.4 Å². The first-order valence-corrected chi connectivity index (χ1v) is 18.2. The number of ether oxygens (including phenoxy) is 2. The van der Waals surface area contributed by atoms with Gasteiger partial charge in [-0.15, -0.1) is 0 Å². The third-order valence-electron chi connectivity index (χ3n) is 10.8. The Labute approximate surface area is 312 Å². The van der Waals surface area contributed by atoms with Crippen molar-refractivity contribution in [1.29, 1.82) is 0 Å². The maximum Gasteiger partial charge on any atom is 0.154 e. The average molecular weight is 695 g/mol. The van der Waals surface area contributed by atoms with Crippen LogP contribution < -0.4 is 29.1 Å². The molecule has 4 heterocycles. The summed E-state index contributed by atoms with van der Waals surface area (Å²) in [6.45, 7) is 0. The van der Waals surface area contributed by atoms with Crippen molar-refractivity contribution in [3.63, 3.8) is 0 Å². The van der Waals surface area contributed by atoms with Crippen molar-refractivity contribution in [3.8, 4) is 34.1 Å². The third kappa shape index (κ3) is 4.05. The van der Waals surface area contributed by atoms with Crippen LogP contribution in [0.25, 0.3) is 11.1 Å². The number of benzene rings is 8. The molecule has 8 aromatic carbocycles. The van der Waals surface area contributed by atoms with Crippen LogP contribution in [0.1, 0.15) is 0 Å². The van der Waals surface area contributed by atoms with Crippen LogP contribution in [0.15, 0.2) is 182 Å². The summed E-state index contributed by atoms with van der Waals surface area (Å²) >= 11 is 0. The van der Waals surface area contributed by atoms with E-state index in [4.69, 9.17) is 9.47 Å². The maximum atomic E-state index is 6.85. The van der Waals surface area contributed by atoms with Crippen LogP contribution in [-0.2, 0) is 0 Å². The quantitative estimate of drug-likeness (QED) is 0.183. The van der Waals surface area contributed by atoms with Gasteiger partial charge >= 0.3 is 0 Å². The second-order valence-electron chi connectivity index (χ2n) is 13.8. The summed E-state index contributed by atoms with van der Waals surface area (Å²) in [6.07, 6.45) is 0. The average Bonchev–Trinajstić information content (AvgIpc) is 3.23. The highest BCUT2D eigenvalue weighted by atomic mass is 16.5. The van der Waals surface area contributed by atoms with Gasteiger partial charge in [0.25, 0.3) is 0 Å². The van der Waals surface area contributed by atoms with E-state index in [2.05, 4.69) is 189 Å². The van der Waals surface area contributed by atoms with E-state index >= 15 is 0 Å². The molecule has 0 amide bonds. The molecule has 0 aliphatic carbocycles. The number of hydrogen-bond acceptors (Lipinski definition) is 6. The Balaban J connectivity index is 1.14. The fraction of sp³-hybridized carbons (Fsp3) is 0. The van der Waals surface area contributed by atoms with Crippen LogP contribution in [0, 0.1) is 0 Å². The molecule has 0 bridgehead atoms. The molecule has 254 valence electrons. The van der Waals surface area contributed by atoms with E-state index in [1.54, 1.807) is 0 Å². The molecule has 0 fully saturated rings. The lowest BCUT2D eigenvalue weighted by molar-refractivity contribution is 0.476. The summed E-state index contributed by atoms with van der Waals surface area (Å²) < 4.78 is 13.7. The lowest BCUT2D eigenvalue weighted by Gasteiger charge is -2.44. The smallest absolute Gasteiger partial charge is 0.154 e. The van der Waals surface area contributed by atoms with E-state index in [1.165, 1.54) is 0 Å². The van der Waals surface area contributed by atoms with Crippen LogP contribution in [0.3, 0.4) is 0 Å². The largest absolute Gasteiger partial charge is 0.453 e. The standard InChI is InChI=1S/C48H30N4O2/c1-3-15-33(16-4-1)49-35-19-7-9-21-37(35)51-39-23-11-13-25-43(39)53-45-29-31(27-41(49)47(45)51)32-28-42-48-46(30-32)54-44-26-14-12-24-40(44)52(48)38-22-10-8-20-36(38)50(42)34-17-5-2-6-18-34/h1-30H. The molecule has 4 aliphatic rings. The molecule has 0 N–H and O–H groups in total. The van der Waals surface area contributed by atoms with Crippen LogP contribution in [0.4, 0.5) is 68.2 Å². The second kappa shape index (κ2) is 11.0. The van der Waals surface area contributed by atoms with Gasteiger partial charge in [0.15, 0.2) is 23.0 Å². The van der Waals surface area contributed by atoms with Gasteiger partial charge in [-0.3, -0.25) is 9.80 Å². The second-order valence-corrected chi connectivity index (χ2v) is 13.8. The Morgan fingerprint density at radius 2 is 0.593 bits per heavy atom. The zero-order chi connectivity index (χ0) is 35.3. The maximum absolute atomic E-state index is 6.85. The first-order valence-electron chi connectivity index (χ1n) is 18.2. The number of fused-ring (bicyclic) bond motifs is 8. The molecule has 6 nitrogen and oxygen atoms in total. The van der Waals surface area contributed by atoms with Gasteiger partial charge in [0.05, 0.1) is 45.5 Å². The lowest BCUT2D eigenvalue weighted by atomic mass is 9.95. The van der Waals surface area contributed by atoms with E-state index in [0.29, 0.717) is 0 Å². The molecule has 0 saturated carbocycles. The molecule has 0 unspecified atom stereocenters. The molecule has 6 heteroatoms. The van der Waals surface area contributed by atoms with Crippen molar-refractivity contribution in [3.05, 3.63) is 182 Å². The molecule has 0 atom stereocenters. The Bertz CT molecular complexity index is 2630. The summed E-state index contributed by atoms with van der Waals surface area (Å²) in [5.41, 5.74) is 14.7. The third-order valence-corrected chi connectivity index (χ3v) is 10.8. The minimum Gasteiger partial charge on any atom is -0.453 e. The van der Waals surface area contributed by atoms with Crippen LogP contribution >= 0.6 is 0 Å². The molecule has 8 aromatic rings. The Morgan fingerprint density at radius 3 is 1.00 bits per heavy atom. The normalized spacial score (nSPS) is 13.7. The Kier molecular flexibility index (Phi) is 5.96. The van der Waals surface area contributed by atoms with E-state index in [1.807, 2.05) is 12.1 Å². The molecule has 12 rings (SSSR count). The summed E-state index contributed by atoms with van der Waals surface area (Å²) in [5, 5.41) is 0. The number of rotatable bonds is 3. The fourth-order valence-electron chi connectivity index (χ4n) is 8.55. The number of para-hydroxylation sites is 10. The van der Waals surface area contributed by atoms with Crippen LogP contribution in [0.5, 0.6) is 23.0 Å². The first kappa shape index (κ1) is 29.2. The van der Waals surface area contributed by atoms with Crippen molar-refractivity contribution >= 4 is 68.2 Å². The number of nitrogens with zero attached hydrogens (tertiary/aromatic N) is 4. The molecule has 0 radical (unpaired) electrons. The summed E-state index contributed by atoms with van der Waals surface area (Å²) in [7, 11) is 0. The lowest BCUT2D eigenvalue weighted by Crippen LogP contribution is -2.27. The van der Waals surface area contributed by atoms with Gasteiger partial charge in [-0.2, -0.15) is 0 Å². The fourth-order valence-corrected chi connectivity index (χ4v) is 8.55. The van der Waals surface area contributed by atoms with Crippen molar-refractivity contribution in [1.82, 2.24) is 0 Å². The van der Waals surface area contributed by atoms with Gasteiger partial charge in [-0.05, 0) is 108 Å². The van der Waals surface area contributed by atoms with E-state index in [-0.39, 0.29) is 0 Å². The molecule has 0 aromatic heterocycles. The van der Waals surface area contributed by atoms with Gasteiger partial charge in [-0.25, -0.2) is 0 Å². The first-order chi connectivity index (χ1) is 26.8. The van der Waals surface area contributed by atoms with E-state index in [0.717, 1.165) is 102 Å². The SMILES string of the molecule is c1ccc(N2c3ccccc3N3c4ccccc4Oc4cc(-c5cc6c7c(c5)N(c5ccccc5)c5ccccc5N7c5ccccc5O6)cc2c43)cc1. The predicted molar refractivity (Wildman–Crippen MR) is 218 cm³/mol. The molecular formula is C48H30N4O2. The van der Waals surface area contributed by atoms with E-state index < -0.39 is 0 Å². The minimum atomic E-state index is 0.793. The molecular weight excluding hydrogens is 665 g/mol. The molecule has 0 saturated heterocycles. The minimum absolute atomic E-state index is 0.793. The van der Waals surface area contributed by atoms with Crippen LogP contribution in [-0.4, -0.2) is 0 Å². The number of anilines is 12. The topological polar surface area (TPSA) is 31.4 Å². The summed E-state index contributed by atoms with van der Waals surface area (Å²) in [4.78, 5) is 9.42. The zero-order valence-electron chi connectivity index (χ0n) is 28.9. The predicted octanol–water partition coefficient (Wildman–Crippen LogP) is 14.1. The number of hydrogen-bond donors (Lipinski definition) is 0. The van der Waals surface area contributed by atoms with Gasteiger partial charge in [0, 0.05) is 11.4 Å².